The van der Waals surface area contributed by atoms with Gasteiger partial charge in [0.05, 0.1) is 0 Å². The maximum atomic E-state index is 10.2. The van der Waals surface area contributed by atoms with Gasteiger partial charge < -0.3 is 11.1 Å². The highest BCUT2D eigenvalue weighted by atomic mass is 16.1. The van der Waals surface area contributed by atoms with Gasteiger partial charge in [-0.05, 0) is 19.4 Å². The average molecular weight is 143 g/mol. The molecule has 0 aliphatic heterocycles. The third-order valence-corrected chi connectivity index (χ3v) is 1.20. The number of carbonyl (C=O) groups is 1. The molecule has 0 aromatic rings. The highest BCUT2D eigenvalue weighted by Crippen LogP contribution is 1.90. The first-order chi connectivity index (χ1) is 4.77. The summed E-state index contributed by atoms with van der Waals surface area (Å²) < 4.78 is 0. The van der Waals surface area contributed by atoms with Crippen molar-refractivity contribution in [1.29, 1.82) is 0 Å². The molecule has 59 valence electrons. The van der Waals surface area contributed by atoms with E-state index < -0.39 is 0 Å². The average Bonchev–Trinajstić information content (AvgIpc) is 1.87. The lowest BCUT2D eigenvalue weighted by atomic mass is 10.2. The third-order valence-electron chi connectivity index (χ3n) is 1.20. The molecular weight excluding hydrogens is 128 g/mol. The van der Waals surface area contributed by atoms with Crippen molar-refractivity contribution >= 4 is 5.91 Å². The van der Waals surface area contributed by atoms with Crippen molar-refractivity contribution in [3.8, 4) is 0 Å². The fraction of sp³-hybridized carbons (Fsp3) is 0.714. The highest BCUT2D eigenvalue weighted by Gasteiger charge is 1.89. The predicted molar refractivity (Wildman–Crippen MR) is 41.3 cm³/mol. The molecule has 0 rings (SSSR count). The van der Waals surface area contributed by atoms with E-state index in [0.29, 0.717) is 0 Å². The van der Waals surface area contributed by atoms with Crippen LogP contribution in [-0.2, 0) is 4.79 Å². The molecule has 0 saturated heterocycles. The fourth-order valence-corrected chi connectivity index (χ4v) is 0.674. The van der Waals surface area contributed by atoms with Crippen molar-refractivity contribution in [2.75, 3.05) is 13.1 Å². The second-order valence-corrected chi connectivity index (χ2v) is 2.20. The van der Waals surface area contributed by atoms with Crippen molar-refractivity contribution in [1.82, 2.24) is 5.32 Å². The molecule has 0 atom stereocenters. The summed E-state index contributed by atoms with van der Waals surface area (Å²) in [5, 5.41) is 2.61. The number of carbonyl (C=O) groups excluding carboxylic acids is 1. The van der Waals surface area contributed by atoms with Gasteiger partial charge in [-0.2, -0.15) is 0 Å². The minimum absolute atomic E-state index is 0.201. The second kappa shape index (κ2) is 6.55. The summed E-state index contributed by atoms with van der Waals surface area (Å²) in [6.45, 7) is 4.64. The molecule has 0 aromatic heterocycles. The van der Waals surface area contributed by atoms with E-state index in [4.69, 9.17) is 5.73 Å². The van der Waals surface area contributed by atoms with Crippen LogP contribution in [0.5, 0.6) is 0 Å². The Morgan fingerprint density at radius 3 is 2.60 bits per heavy atom. The van der Waals surface area contributed by atoms with Crippen LogP contribution in [0.1, 0.15) is 19.3 Å². The molecular formula is C7H15N2O. The summed E-state index contributed by atoms with van der Waals surface area (Å²) in [6, 6.07) is 0. The number of nitrogens with two attached hydrogens (primary N) is 1. The normalized spacial score (nSPS) is 9.40. The quantitative estimate of drug-likeness (QED) is 0.535. The number of hydrogen-bond donors (Lipinski definition) is 2. The lowest BCUT2D eigenvalue weighted by Gasteiger charge is -1.99. The number of nitrogens with one attached hydrogen (secondary N) is 1. The molecule has 1 amide bonds. The van der Waals surface area contributed by atoms with E-state index in [1.165, 1.54) is 0 Å². The third kappa shape index (κ3) is 7.43. The lowest BCUT2D eigenvalue weighted by molar-refractivity contribution is -0.116. The number of hydrogen-bond acceptors (Lipinski definition) is 2. The first-order valence-electron chi connectivity index (χ1n) is 3.57. The van der Waals surface area contributed by atoms with Gasteiger partial charge in [0.2, 0.25) is 5.91 Å². The van der Waals surface area contributed by atoms with Gasteiger partial charge in [-0.1, -0.05) is 6.42 Å². The molecule has 0 unspecified atom stereocenters. The predicted octanol–water partition coefficient (Wildman–Crippen LogP) is 0.0657. The molecule has 3 heteroatoms. The van der Waals surface area contributed by atoms with Gasteiger partial charge in [0.25, 0.3) is 0 Å². The van der Waals surface area contributed by atoms with Crippen LogP contribution in [0.4, 0.5) is 0 Å². The van der Waals surface area contributed by atoms with Gasteiger partial charge in [0, 0.05) is 13.5 Å². The molecule has 0 aliphatic rings. The number of unbranched alkanes of at least 4 members (excludes halogenated alkanes) is 2. The smallest absolute Gasteiger partial charge is 0.220 e. The maximum Gasteiger partial charge on any atom is 0.220 e. The van der Waals surface area contributed by atoms with E-state index in [1.54, 1.807) is 0 Å². The molecule has 0 fully saturated rings. The summed E-state index contributed by atoms with van der Waals surface area (Å²) in [5.41, 5.74) is 5.27. The highest BCUT2D eigenvalue weighted by molar-refractivity contribution is 5.79. The Balaban J connectivity index is 2.84. The minimum Gasteiger partial charge on any atom is -0.356 e. The van der Waals surface area contributed by atoms with Crippen molar-refractivity contribution < 1.29 is 4.79 Å². The van der Waals surface area contributed by atoms with E-state index >= 15 is 0 Å². The summed E-state index contributed by atoms with van der Waals surface area (Å²) in [7, 11) is 0. The van der Waals surface area contributed by atoms with Gasteiger partial charge >= 0.3 is 0 Å². The summed E-state index contributed by atoms with van der Waals surface area (Å²) >= 11 is 0. The zero-order valence-electron chi connectivity index (χ0n) is 6.23. The van der Waals surface area contributed by atoms with Crippen LogP contribution in [0, 0.1) is 6.92 Å². The van der Waals surface area contributed by atoms with E-state index in [0.717, 1.165) is 32.4 Å². The van der Waals surface area contributed by atoms with Crippen molar-refractivity contribution in [3.63, 3.8) is 0 Å². The molecule has 0 spiro atoms. The van der Waals surface area contributed by atoms with Crippen LogP contribution in [-0.4, -0.2) is 19.0 Å². The molecule has 0 saturated carbocycles. The molecule has 0 aromatic carbocycles. The minimum atomic E-state index is -0.201. The Morgan fingerprint density at radius 2 is 2.10 bits per heavy atom. The summed E-state index contributed by atoms with van der Waals surface area (Å²) in [5.74, 6) is -0.201. The molecule has 10 heavy (non-hydrogen) atoms. The summed E-state index contributed by atoms with van der Waals surface area (Å²) in [6.07, 6.45) is 3.11. The van der Waals surface area contributed by atoms with Crippen LogP contribution in [0.15, 0.2) is 0 Å². The molecule has 0 heterocycles. The number of amides is 1. The molecule has 0 aliphatic carbocycles. The Kier molecular flexibility index (Phi) is 6.18. The Bertz CT molecular complexity index is 93.6. The van der Waals surface area contributed by atoms with Crippen LogP contribution in [0.2, 0.25) is 0 Å². The van der Waals surface area contributed by atoms with E-state index in [2.05, 4.69) is 12.2 Å². The van der Waals surface area contributed by atoms with Crippen molar-refractivity contribution in [3.05, 3.63) is 6.92 Å². The monoisotopic (exact) mass is 143 g/mol. The molecule has 3 N–H and O–H groups in total. The van der Waals surface area contributed by atoms with Crippen LogP contribution < -0.4 is 11.1 Å². The zero-order valence-corrected chi connectivity index (χ0v) is 6.23. The Morgan fingerprint density at radius 1 is 1.40 bits per heavy atom. The molecule has 3 nitrogen and oxygen atoms in total. The topological polar surface area (TPSA) is 55.1 Å². The molecule has 1 radical (unpaired) electrons. The van der Waals surface area contributed by atoms with E-state index in [-0.39, 0.29) is 5.91 Å². The first-order valence-corrected chi connectivity index (χ1v) is 3.57. The van der Waals surface area contributed by atoms with Crippen LogP contribution in [0.25, 0.3) is 0 Å². The van der Waals surface area contributed by atoms with Crippen LogP contribution in [0.3, 0.4) is 0 Å². The summed E-state index contributed by atoms with van der Waals surface area (Å²) in [4.78, 5) is 10.2. The first kappa shape index (κ1) is 9.43. The van der Waals surface area contributed by atoms with Gasteiger partial charge in [-0.25, -0.2) is 0 Å². The maximum absolute atomic E-state index is 10.2. The zero-order chi connectivity index (χ0) is 7.82. The lowest BCUT2D eigenvalue weighted by Crippen LogP contribution is -2.21. The van der Waals surface area contributed by atoms with Gasteiger partial charge in [-0.15, -0.1) is 0 Å². The second-order valence-electron chi connectivity index (χ2n) is 2.20. The Labute approximate surface area is 62.0 Å². The van der Waals surface area contributed by atoms with Gasteiger partial charge in [0.15, 0.2) is 0 Å². The van der Waals surface area contributed by atoms with Crippen molar-refractivity contribution in [2.24, 2.45) is 5.73 Å². The fourth-order valence-electron chi connectivity index (χ4n) is 0.674. The Hall–Kier alpha value is -0.570. The SMILES string of the molecule is [CH2]C(=O)NCCCCCN. The van der Waals surface area contributed by atoms with E-state index in [1.807, 2.05) is 0 Å². The largest absolute Gasteiger partial charge is 0.356 e. The standard InChI is InChI=1S/C7H15N2O/c1-7(10)9-6-4-2-3-5-8/h1-6,8H2,(H,9,10). The number of rotatable bonds is 5. The molecule has 0 bridgehead atoms. The van der Waals surface area contributed by atoms with Crippen LogP contribution >= 0.6 is 0 Å². The van der Waals surface area contributed by atoms with Gasteiger partial charge in [0.1, 0.15) is 0 Å². The van der Waals surface area contributed by atoms with Crippen molar-refractivity contribution in [2.45, 2.75) is 19.3 Å². The van der Waals surface area contributed by atoms with E-state index in [9.17, 15) is 4.79 Å². The van der Waals surface area contributed by atoms with Gasteiger partial charge in [-0.3, -0.25) is 4.79 Å².